The number of carbonyl (C=O) groups excluding carboxylic acids is 1. The standard InChI is InChI=1S/C24H26N4O2S/c1-17-13-14-20(28(17)18-9-4-3-5-10-18)23-22(19-11-6-7-15-25-19)26-24(31)27(23)16-8-12-21(29)30-2/h3-7,9-11,13-15,22-23H,8,12,16H2,1-2H3,(H,26,31)/t22-,23+/m1/s1. The molecule has 0 spiro atoms. The Morgan fingerprint density at radius 1 is 1.13 bits per heavy atom. The maximum absolute atomic E-state index is 11.6. The zero-order chi connectivity index (χ0) is 21.8. The first-order valence-electron chi connectivity index (χ1n) is 10.4. The fourth-order valence-corrected chi connectivity index (χ4v) is 4.51. The Labute approximate surface area is 187 Å². The quantitative estimate of drug-likeness (QED) is 0.446. The Bertz CT molecular complexity index is 1050. The molecule has 3 heterocycles. The van der Waals surface area contributed by atoms with Gasteiger partial charge in [0.25, 0.3) is 0 Å². The Morgan fingerprint density at radius 2 is 1.90 bits per heavy atom. The predicted molar refractivity (Wildman–Crippen MR) is 124 cm³/mol. The number of esters is 1. The number of nitrogens with one attached hydrogen (secondary N) is 1. The van der Waals surface area contributed by atoms with Crippen molar-refractivity contribution in [3.8, 4) is 5.69 Å². The Kier molecular flexibility index (Phi) is 6.32. The number of benzene rings is 1. The first-order chi connectivity index (χ1) is 15.1. The molecule has 0 bridgehead atoms. The van der Waals surface area contributed by atoms with Gasteiger partial charge in [-0.2, -0.15) is 0 Å². The van der Waals surface area contributed by atoms with Gasteiger partial charge in [-0.25, -0.2) is 0 Å². The molecule has 0 radical (unpaired) electrons. The zero-order valence-corrected chi connectivity index (χ0v) is 18.5. The predicted octanol–water partition coefficient (Wildman–Crippen LogP) is 4.11. The fourth-order valence-electron chi connectivity index (χ4n) is 4.18. The van der Waals surface area contributed by atoms with E-state index in [-0.39, 0.29) is 18.1 Å². The van der Waals surface area contributed by atoms with Crippen molar-refractivity contribution in [2.45, 2.75) is 31.8 Å². The minimum absolute atomic E-state index is 0.0612. The van der Waals surface area contributed by atoms with Crippen LogP contribution >= 0.6 is 12.2 Å². The summed E-state index contributed by atoms with van der Waals surface area (Å²) in [5.74, 6) is -0.209. The number of aromatic nitrogens is 2. The third-order valence-electron chi connectivity index (χ3n) is 5.63. The number of hydrogen-bond donors (Lipinski definition) is 1. The number of methoxy groups -OCH3 is 1. The molecule has 1 aromatic carbocycles. The first kappa shape index (κ1) is 21.1. The molecule has 1 aliphatic heterocycles. The summed E-state index contributed by atoms with van der Waals surface area (Å²) in [5, 5.41) is 4.14. The van der Waals surface area contributed by atoms with Crippen LogP contribution < -0.4 is 5.32 Å². The van der Waals surface area contributed by atoms with E-state index in [0.29, 0.717) is 24.5 Å². The smallest absolute Gasteiger partial charge is 0.305 e. The normalized spacial score (nSPS) is 18.1. The zero-order valence-electron chi connectivity index (χ0n) is 17.7. The van der Waals surface area contributed by atoms with Crippen LogP contribution in [0.25, 0.3) is 5.69 Å². The summed E-state index contributed by atoms with van der Waals surface area (Å²) in [6.45, 7) is 2.75. The fraction of sp³-hybridized carbons (Fsp3) is 0.292. The van der Waals surface area contributed by atoms with E-state index < -0.39 is 0 Å². The Hall–Kier alpha value is -3.19. The average Bonchev–Trinajstić information content (AvgIpc) is 3.34. The van der Waals surface area contributed by atoms with E-state index in [1.54, 1.807) is 6.20 Å². The number of nitrogens with zero attached hydrogens (tertiary/aromatic N) is 3. The van der Waals surface area contributed by atoms with Crippen LogP contribution in [0.5, 0.6) is 0 Å². The molecule has 2 atom stereocenters. The van der Waals surface area contributed by atoms with E-state index in [9.17, 15) is 4.79 Å². The van der Waals surface area contributed by atoms with Crippen LogP contribution in [0, 0.1) is 6.92 Å². The molecule has 4 rings (SSSR count). The molecule has 1 N–H and O–H groups in total. The summed E-state index contributed by atoms with van der Waals surface area (Å²) in [4.78, 5) is 18.4. The van der Waals surface area contributed by atoms with E-state index in [2.05, 4.69) is 51.0 Å². The lowest BCUT2D eigenvalue weighted by atomic mass is 10.0. The van der Waals surface area contributed by atoms with Gasteiger partial charge in [0.1, 0.15) is 0 Å². The van der Waals surface area contributed by atoms with Gasteiger partial charge in [0.2, 0.25) is 0 Å². The highest BCUT2D eigenvalue weighted by Crippen LogP contribution is 2.40. The van der Waals surface area contributed by atoms with Crippen LogP contribution in [0.2, 0.25) is 0 Å². The molecular weight excluding hydrogens is 408 g/mol. The number of aryl methyl sites for hydroxylation is 1. The second-order valence-corrected chi connectivity index (χ2v) is 7.96. The van der Waals surface area contributed by atoms with Gasteiger partial charge in [0, 0.05) is 36.2 Å². The maximum atomic E-state index is 11.6. The van der Waals surface area contributed by atoms with Crippen LogP contribution in [-0.2, 0) is 9.53 Å². The lowest BCUT2D eigenvalue weighted by Gasteiger charge is -2.29. The molecule has 1 fully saturated rings. The van der Waals surface area contributed by atoms with E-state index in [4.69, 9.17) is 17.0 Å². The minimum atomic E-state index is -0.209. The van der Waals surface area contributed by atoms with Crippen molar-refractivity contribution in [1.29, 1.82) is 0 Å². The van der Waals surface area contributed by atoms with Crippen LogP contribution in [0.1, 0.15) is 42.0 Å². The van der Waals surface area contributed by atoms with E-state index >= 15 is 0 Å². The van der Waals surface area contributed by atoms with Gasteiger partial charge in [0.15, 0.2) is 5.11 Å². The number of hydrogen-bond acceptors (Lipinski definition) is 4. The number of ether oxygens (including phenoxy) is 1. The van der Waals surface area contributed by atoms with Crippen molar-refractivity contribution in [2.24, 2.45) is 0 Å². The van der Waals surface area contributed by atoms with Crippen molar-refractivity contribution < 1.29 is 9.53 Å². The van der Waals surface area contributed by atoms with Crippen LogP contribution in [0.15, 0.2) is 66.9 Å². The average molecular weight is 435 g/mol. The van der Waals surface area contributed by atoms with Crippen LogP contribution in [0.3, 0.4) is 0 Å². The molecule has 31 heavy (non-hydrogen) atoms. The number of thiocarbonyl (C=S) groups is 1. The van der Waals surface area contributed by atoms with Gasteiger partial charge in [-0.05, 0) is 62.0 Å². The molecule has 1 saturated heterocycles. The van der Waals surface area contributed by atoms with E-state index in [0.717, 1.165) is 22.8 Å². The van der Waals surface area contributed by atoms with Gasteiger partial charge in [-0.3, -0.25) is 9.78 Å². The molecule has 0 aliphatic carbocycles. The van der Waals surface area contributed by atoms with Gasteiger partial charge in [0.05, 0.1) is 24.9 Å². The largest absolute Gasteiger partial charge is 0.469 e. The third-order valence-corrected chi connectivity index (χ3v) is 5.98. The molecule has 2 aromatic heterocycles. The van der Waals surface area contributed by atoms with Crippen molar-refractivity contribution in [3.63, 3.8) is 0 Å². The molecule has 3 aromatic rings. The van der Waals surface area contributed by atoms with Crippen LogP contribution in [-0.4, -0.2) is 39.2 Å². The van der Waals surface area contributed by atoms with Gasteiger partial charge < -0.3 is 19.5 Å². The lowest BCUT2D eigenvalue weighted by Crippen LogP contribution is -2.31. The summed E-state index contributed by atoms with van der Waals surface area (Å²) >= 11 is 5.73. The minimum Gasteiger partial charge on any atom is -0.469 e. The number of carbonyl (C=O) groups is 1. The number of pyridine rings is 1. The van der Waals surface area contributed by atoms with Gasteiger partial charge in [-0.15, -0.1) is 0 Å². The molecular formula is C24H26N4O2S. The molecule has 7 heteroatoms. The second kappa shape index (κ2) is 9.31. The second-order valence-electron chi connectivity index (χ2n) is 7.57. The van der Waals surface area contributed by atoms with E-state index in [1.165, 1.54) is 7.11 Å². The van der Waals surface area contributed by atoms with Gasteiger partial charge >= 0.3 is 5.97 Å². The molecule has 160 valence electrons. The molecule has 0 saturated carbocycles. The summed E-state index contributed by atoms with van der Waals surface area (Å²) < 4.78 is 7.07. The molecule has 6 nitrogen and oxygen atoms in total. The topological polar surface area (TPSA) is 59.4 Å². The molecule has 0 amide bonds. The van der Waals surface area contributed by atoms with Crippen molar-refractivity contribution in [2.75, 3.05) is 13.7 Å². The highest BCUT2D eigenvalue weighted by atomic mass is 32.1. The van der Waals surface area contributed by atoms with E-state index in [1.807, 2.05) is 36.4 Å². The molecule has 1 aliphatic rings. The highest BCUT2D eigenvalue weighted by Gasteiger charge is 2.41. The Morgan fingerprint density at radius 3 is 2.61 bits per heavy atom. The first-order valence-corrected chi connectivity index (χ1v) is 10.8. The monoisotopic (exact) mass is 434 g/mol. The third kappa shape index (κ3) is 4.32. The summed E-state index contributed by atoms with van der Waals surface area (Å²) in [5.41, 5.74) is 4.31. The summed E-state index contributed by atoms with van der Waals surface area (Å²) in [7, 11) is 1.42. The summed E-state index contributed by atoms with van der Waals surface area (Å²) in [6.07, 6.45) is 2.82. The number of para-hydroxylation sites is 1. The van der Waals surface area contributed by atoms with Gasteiger partial charge in [-0.1, -0.05) is 24.3 Å². The molecule has 0 unspecified atom stereocenters. The SMILES string of the molecule is COC(=O)CCCN1C(=S)N[C@H](c2ccccn2)[C@@H]1c1ccc(C)n1-c1ccccc1. The number of rotatable bonds is 7. The summed E-state index contributed by atoms with van der Waals surface area (Å²) in [6, 6.07) is 20.4. The van der Waals surface area contributed by atoms with Crippen molar-refractivity contribution in [1.82, 2.24) is 19.8 Å². The van der Waals surface area contributed by atoms with Crippen molar-refractivity contribution in [3.05, 3.63) is 83.9 Å². The Balaban J connectivity index is 1.74. The van der Waals surface area contributed by atoms with Crippen LogP contribution in [0.4, 0.5) is 0 Å². The maximum Gasteiger partial charge on any atom is 0.305 e. The van der Waals surface area contributed by atoms with Crippen molar-refractivity contribution >= 4 is 23.3 Å². The highest BCUT2D eigenvalue weighted by molar-refractivity contribution is 7.80. The lowest BCUT2D eigenvalue weighted by molar-refractivity contribution is -0.140.